The van der Waals surface area contributed by atoms with Crippen molar-refractivity contribution in [2.24, 2.45) is 4.99 Å². The van der Waals surface area contributed by atoms with Crippen LogP contribution in [0.2, 0.25) is 0 Å². The highest BCUT2D eigenvalue weighted by atomic mass is 32.2. The van der Waals surface area contributed by atoms with Gasteiger partial charge in [-0.3, -0.25) is 14.5 Å². The molecule has 3 N–H and O–H groups in total. The van der Waals surface area contributed by atoms with Gasteiger partial charge in [-0.05, 0) is 24.3 Å². The predicted molar refractivity (Wildman–Crippen MR) is 117 cm³/mol. The molecule has 4 rings (SSSR count). The molecule has 0 bridgehead atoms. The van der Waals surface area contributed by atoms with Crippen LogP contribution in [-0.2, 0) is 14.8 Å². The summed E-state index contributed by atoms with van der Waals surface area (Å²) in [6.45, 7) is 0.439. The van der Waals surface area contributed by atoms with E-state index >= 15 is 0 Å². The SMILES string of the molecule is COc1ccccc1S(=O)(=O)Nc1cccc2cc(C3=NCC(CC(=O)O)S3)[nH]c12. The zero-order valence-electron chi connectivity index (χ0n) is 16.0. The number of carbonyl (C=O) groups is 1. The van der Waals surface area contributed by atoms with Gasteiger partial charge < -0.3 is 14.8 Å². The Morgan fingerprint density at radius 3 is 2.87 bits per heavy atom. The van der Waals surface area contributed by atoms with Gasteiger partial charge in [-0.15, -0.1) is 0 Å². The number of rotatable bonds is 7. The summed E-state index contributed by atoms with van der Waals surface area (Å²) in [7, 11) is -2.45. The number of para-hydroxylation sites is 2. The number of thioether (sulfide) groups is 1. The highest BCUT2D eigenvalue weighted by molar-refractivity contribution is 8.15. The second kappa shape index (κ2) is 8.04. The van der Waals surface area contributed by atoms with E-state index in [4.69, 9.17) is 9.84 Å². The lowest BCUT2D eigenvalue weighted by Gasteiger charge is -2.12. The molecule has 2 heterocycles. The first kappa shape index (κ1) is 20.3. The van der Waals surface area contributed by atoms with Crippen molar-refractivity contribution in [3.63, 3.8) is 0 Å². The van der Waals surface area contributed by atoms with Crippen LogP contribution in [0.15, 0.2) is 58.4 Å². The molecular formula is C20H19N3O5S2. The van der Waals surface area contributed by atoms with Crippen LogP contribution >= 0.6 is 11.8 Å². The summed E-state index contributed by atoms with van der Waals surface area (Å²) in [4.78, 5) is 18.6. The maximum absolute atomic E-state index is 12.9. The molecule has 1 aliphatic heterocycles. The molecule has 1 aromatic heterocycles. The number of hydrogen-bond acceptors (Lipinski definition) is 6. The summed E-state index contributed by atoms with van der Waals surface area (Å²) in [6.07, 6.45) is 0.0435. The van der Waals surface area contributed by atoms with Crippen molar-refractivity contribution in [1.82, 2.24) is 4.98 Å². The van der Waals surface area contributed by atoms with E-state index in [2.05, 4.69) is 14.7 Å². The van der Waals surface area contributed by atoms with Crippen molar-refractivity contribution in [3.05, 3.63) is 54.2 Å². The zero-order chi connectivity index (χ0) is 21.3. The van der Waals surface area contributed by atoms with E-state index in [0.717, 1.165) is 16.1 Å². The Morgan fingerprint density at radius 1 is 1.30 bits per heavy atom. The summed E-state index contributed by atoms with van der Waals surface area (Å²) in [5.41, 5.74) is 1.75. The lowest BCUT2D eigenvalue weighted by molar-refractivity contribution is -0.136. The Kier molecular flexibility index (Phi) is 5.44. The monoisotopic (exact) mass is 445 g/mol. The number of benzene rings is 2. The first-order valence-corrected chi connectivity index (χ1v) is 11.4. The van der Waals surface area contributed by atoms with Gasteiger partial charge in [-0.2, -0.15) is 0 Å². The fourth-order valence-electron chi connectivity index (χ4n) is 3.26. The number of hydrogen-bond donors (Lipinski definition) is 3. The number of carboxylic acid groups (broad SMARTS) is 1. The summed E-state index contributed by atoms with van der Waals surface area (Å²) < 4.78 is 33.7. The topological polar surface area (TPSA) is 121 Å². The molecule has 0 saturated carbocycles. The second-order valence-corrected chi connectivity index (χ2v) is 9.63. The Bertz CT molecular complexity index is 1250. The number of methoxy groups -OCH3 is 1. The number of aromatic nitrogens is 1. The second-order valence-electron chi connectivity index (χ2n) is 6.69. The lowest BCUT2D eigenvalue weighted by Crippen LogP contribution is -2.14. The van der Waals surface area contributed by atoms with E-state index in [1.807, 2.05) is 12.1 Å². The van der Waals surface area contributed by atoms with E-state index < -0.39 is 16.0 Å². The van der Waals surface area contributed by atoms with E-state index in [9.17, 15) is 13.2 Å². The van der Waals surface area contributed by atoms with Crippen LogP contribution in [0.4, 0.5) is 5.69 Å². The molecule has 30 heavy (non-hydrogen) atoms. The quantitative estimate of drug-likeness (QED) is 0.513. The average Bonchev–Trinajstić information content (AvgIpc) is 3.34. The van der Waals surface area contributed by atoms with Gasteiger partial charge in [0.1, 0.15) is 15.7 Å². The van der Waals surface area contributed by atoms with Crippen molar-refractivity contribution in [2.45, 2.75) is 16.6 Å². The summed E-state index contributed by atoms with van der Waals surface area (Å²) in [5.74, 6) is -0.598. The minimum absolute atomic E-state index is 0.0435. The highest BCUT2D eigenvalue weighted by Gasteiger charge is 2.25. The largest absolute Gasteiger partial charge is 0.495 e. The molecule has 1 aliphatic rings. The van der Waals surface area contributed by atoms with Crippen LogP contribution in [0.1, 0.15) is 12.1 Å². The number of aliphatic carboxylic acids is 1. The van der Waals surface area contributed by atoms with Crippen molar-refractivity contribution in [1.29, 1.82) is 0 Å². The standard InChI is InChI=1S/C20H19N3O5S2/c1-28-16-7-2-3-8-17(16)30(26,27)23-14-6-4-5-12-9-15(22-19(12)14)20-21-11-13(29-20)10-18(24)25/h2-9,13,22-23H,10-11H2,1H3,(H,24,25). The highest BCUT2D eigenvalue weighted by Crippen LogP contribution is 2.32. The fraction of sp³-hybridized carbons (Fsp3) is 0.200. The third-order valence-electron chi connectivity index (χ3n) is 4.61. The van der Waals surface area contributed by atoms with E-state index in [-0.39, 0.29) is 22.3 Å². The Balaban J connectivity index is 1.64. The summed E-state index contributed by atoms with van der Waals surface area (Å²) in [6, 6.07) is 13.6. The van der Waals surface area contributed by atoms with Crippen molar-refractivity contribution >= 4 is 49.4 Å². The minimum atomic E-state index is -3.88. The van der Waals surface area contributed by atoms with Gasteiger partial charge in [0.25, 0.3) is 10.0 Å². The number of anilines is 1. The Labute approximate surface area is 177 Å². The first-order valence-electron chi connectivity index (χ1n) is 9.08. The molecule has 0 amide bonds. The number of H-pyrrole nitrogens is 1. The van der Waals surface area contributed by atoms with Crippen LogP contribution < -0.4 is 9.46 Å². The van der Waals surface area contributed by atoms with Gasteiger partial charge in [-0.25, -0.2) is 8.42 Å². The fourth-order valence-corrected chi connectivity index (χ4v) is 5.58. The summed E-state index contributed by atoms with van der Waals surface area (Å²) >= 11 is 1.41. The molecule has 1 atom stereocenters. The maximum atomic E-state index is 12.9. The number of nitrogens with one attached hydrogen (secondary N) is 2. The number of aromatic amines is 1. The number of ether oxygens (including phenoxy) is 1. The number of fused-ring (bicyclic) bond motifs is 1. The van der Waals surface area contributed by atoms with Crippen LogP contribution in [0.3, 0.4) is 0 Å². The Hall–Kier alpha value is -2.98. The Morgan fingerprint density at radius 2 is 2.10 bits per heavy atom. The lowest BCUT2D eigenvalue weighted by atomic mass is 10.2. The zero-order valence-corrected chi connectivity index (χ0v) is 17.6. The van der Waals surface area contributed by atoms with Crippen LogP contribution in [0.25, 0.3) is 10.9 Å². The smallest absolute Gasteiger partial charge is 0.304 e. The minimum Gasteiger partial charge on any atom is -0.495 e. The normalized spacial score (nSPS) is 16.4. The van der Waals surface area contributed by atoms with Gasteiger partial charge in [0.05, 0.1) is 37.0 Å². The van der Waals surface area contributed by atoms with Crippen molar-refractivity contribution in [3.8, 4) is 5.75 Å². The van der Waals surface area contributed by atoms with Crippen molar-refractivity contribution in [2.75, 3.05) is 18.4 Å². The number of sulfonamides is 1. The molecule has 0 saturated heterocycles. The van der Waals surface area contributed by atoms with Crippen LogP contribution in [-0.4, -0.2) is 48.4 Å². The van der Waals surface area contributed by atoms with Gasteiger partial charge >= 0.3 is 5.97 Å². The molecule has 0 fully saturated rings. The van der Waals surface area contributed by atoms with Gasteiger partial charge in [-0.1, -0.05) is 36.0 Å². The number of nitrogens with zero attached hydrogens (tertiary/aromatic N) is 1. The van der Waals surface area contributed by atoms with Crippen LogP contribution in [0, 0.1) is 0 Å². The van der Waals surface area contributed by atoms with E-state index in [1.165, 1.54) is 24.9 Å². The van der Waals surface area contributed by atoms with Crippen molar-refractivity contribution < 1.29 is 23.1 Å². The predicted octanol–water partition coefficient (Wildman–Crippen LogP) is 3.31. The molecule has 8 nitrogen and oxygen atoms in total. The van der Waals surface area contributed by atoms with E-state index in [0.29, 0.717) is 17.7 Å². The molecule has 0 aliphatic carbocycles. The first-order chi connectivity index (χ1) is 14.4. The molecule has 0 spiro atoms. The third kappa shape index (κ3) is 4.01. The van der Waals surface area contributed by atoms with E-state index in [1.54, 1.807) is 30.3 Å². The molecular weight excluding hydrogens is 426 g/mol. The molecule has 2 aromatic carbocycles. The number of aliphatic imine (C=N–C) groups is 1. The maximum Gasteiger partial charge on any atom is 0.304 e. The molecule has 1 unspecified atom stereocenters. The van der Waals surface area contributed by atoms with Gasteiger partial charge in [0, 0.05) is 10.6 Å². The van der Waals surface area contributed by atoms with Gasteiger partial charge in [0.15, 0.2) is 0 Å². The number of carboxylic acids is 1. The molecule has 156 valence electrons. The molecule has 10 heteroatoms. The van der Waals surface area contributed by atoms with Gasteiger partial charge in [0.2, 0.25) is 0 Å². The molecule has 3 aromatic rings. The average molecular weight is 446 g/mol. The summed E-state index contributed by atoms with van der Waals surface area (Å²) in [5, 5.41) is 10.4. The molecule has 0 radical (unpaired) electrons. The third-order valence-corrected chi connectivity index (χ3v) is 7.23. The van der Waals surface area contributed by atoms with Crippen LogP contribution in [0.5, 0.6) is 5.75 Å².